The van der Waals surface area contributed by atoms with Crippen LogP contribution in [-0.4, -0.2) is 21.3 Å². The van der Waals surface area contributed by atoms with Gasteiger partial charge in [0.2, 0.25) is 0 Å². The molecule has 0 bridgehead atoms. The number of hydrogen-bond donors (Lipinski definition) is 2. The number of nitrogens with zero attached hydrogens (tertiary/aromatic N) is 2. The number of hydrogen-bond acceptors (Lipinski definition) is 4. The Kier molecular flexibility index (Phi) is 6.10. The van der Waals surface area contributed by atoms with Crippen LogP contribution >= 0.6 is 0 Å². The van der Waals surface area contributed by atoms with Crippen molar-refractivity contribution in [3.63, 3.8) is 0 Å². The quantitative estimate of drug-likeness (QED) is 0.659. The second kappa shape index (κ2) is 8.37. The standard InChI is InChI=1S/C21H26F3N3O/c1-3-5-14-6-4-7-16(11-14)25-19-10-13(2)20(27-26-19)17-9-8-15(12-18(17)28)21(22,23)24/h8-10,12,14,16,28H,3-7,11H2,1-2H3,(H,25,26). The predicted octanol–water partition coefficient (Wildman–Crippen LogP) is 5.95. The lowest BCUT2D eigenvalue weighted by atomic mass is 9.83. The SMILES string of the molecule is CCCC1CCCC(Nc2cc(C)c(-c3ccc(C(F)(F)F)cc3O)nn2)C1. The minimum absolute atomic E-state index is 0.241. The molecule has 2 atom stereocenters. The number of rotatable bonds is 5. The molecule has 0 aliphatic heterocycles. The summed E-state index contributed by atoms with van der Waals surface area (Å²) in [4.78, 5) is 0. The van der Waals surface area contributed by atoms with Crippen LogP contribution in [0.3, 0.4) is 0 Å². The van der Waals surface area contributed by atoms with Gasteiger partial charge >= 0.3 is 6.18 Å². The first-order chi connectivity index (χ1) is 13.3. The van der Waals surface area contributed by atoms with E-state index in [0.717, 1.165) is 36.5 Å². The zero-order valence-corrected chi connectivity index (χ0v) is 16.2. The van der Waals surface area contributed by atoms with E-state index < -0.39 is 17.5 Å². The van der Waals surface area contributed by atoms with Crippen LogP contribution in [-0.2, 0) is 6.18 Å². The Labute approximate surface area is 163 Å². The zero-order chi connectivity index (χ0) is 20.3. The Hall–Kier alpha value is -2.31. The summed E-state index contributed by atoms with van der Waals surface area (Å²) in [5.41, 5.74) is 0.472. The Morgan fingerprint density at radius 3 is 2.61 bits per heavy atom. The van der Waals surface area contributed by atoms with Gasteiger partial charge in [-0.15, -0.1) is 10.2 Å². The van der Waals surface area contributed by atoms with E-state index in [2.05, 4.69) is 22.4 Å². The van der Waals surface area contributed by atoms with Gasteiger partial charge in [-0.25, -0.2) is 0 Å². The number of alkyl halides is 3. The first-order valence-corrected chi connectivity index (χ1v) is 9.79. The van der Waals surface area contributed by atoms with Crippen molar-refractivity contribution >= 4 is 5.82 Å². The molecule has 0 saturated heterocycles. The molecule has 1 aromatic heterocycles. The third kappa shape index (κ3) is 4.75. The largest absolute Gasteiger partial charge is 0.507 e. The molecule has 1 saturated carbocycles. The summed E-state index contributed by atoms with van der Waals surface area (Å²) in [5, 5.41) is 21.9. The molecular weight excluding hydrogens is 367 g/mol. The summed E-state index contributed by atoms with van der Waals surface area (Å²) in [6, 6.07) is 5.10. The third-order valence-corrected chi connectivity index (χ3v) is 5.40. The highest BCUT2D eigenvalue weighted by atomic mass is 19.4. The molecule has 1 aromatic carbocycles. The van der Waals surface area contributed by atoms with Crippen molar-refractivity contribution in [3.8, 4) is 17.0 Å². The maximum absolute atomic E-state index is 12.8. The smallest absolute Gasteiger partial charge is 0.416 e. The van der Waals surface area contributed by atoms with Gasteiger partial charge in [-0.2, -0.15) is 13.2 Å². The minimum atomic E-state index is -4.50. The molecule has 1 fully saturated rings. The van der Waals surface area contributed by atoms with Gasteiger partial charge in [-0.1, -0.05) is 32.6 Å². The normalized spacial score (nSPS) is 20.2. The van der Waals surface area contributed by atoms with E-state index in [1.807, 2.05) is 13.0 Å². The topological polar surface area (TPSA) is 58.0 Å². The van der Waals surface area contributed by atoms with E-state index in [-0.39, 0.29) is 5.56 Å². The van der Waals surface area contributed by atoms with Crippen LogP contribution in [0.2, 0.25) is 0 Å². The fraction of sp³-hybridized carbons (Fsp3) is 0.524. The van der Waals surface area contributed by atoms with Crippen molar-refractivity contribution in [2.45, 2.75) is 64.6 Å². The Morgan fingerprint density at radius 2 is 1.96 bits per heavy atom. The highest BCUT2D eigenvalue weighted by Crippen LogP contribution is 2.37. The molecule has 0 radical (unpaired) electrons. The monoisotopic (exact) mass is 393 g/mol. The Morgan fingerprint density at radius 1 is 1.18 bits per heavy atom. The summed E-state index contributed by atoms with van der Waals surface area (Å²) in [5.74, 6) is 0.950. The van der Waals surface area contributed by atoms with Crippen LogP contribution in [0.5, 0.6) is 5.75 Å². The van der Waals surface area contributed by atoms with Crippen molar-refractivity contribution in [2.24, 2.45) is 5.92 Å². The van der Waals surface area contributed by atoms with Crippen molar-refractivity contribution in [1.82, 2.24) is 10.2 Å². The maximum atomic E-state index is 12.8. The molecule has 152 valence electrons. The zero-order valence-electron chi connectivity index (χ0n) is 16.2. The lowest BCUT2D eigenvalue weighted by Gasteiger charge is -2.30. The number of nitrogens with one attached hydrogen (secondary N) is 1. The summed E-state index contributed by atoms with van der Waals surface area (Å²) in [7, 11) is 0. The number of aromatic hydroxyl groups is 1. The van der Waals surface area contributed by atoms with Gasteiger partial charge in [0.1, 0.15) is 11.6 Å². The van der Waals surface area contributed by atoms with Gasteiger partial charge in [0.25, 0.3) is 0 Å². The maximum Gasteiger partial charge on any atom is 0.416 e. The van der Waals surface area contributed by atoms with Crippen LogP contribution in [0.1, 0.15) is 56.6 Å². The Bertz CT molecular complexity index is 821. The summed E-state index contributed by atoms with van der Waals surface area (Å²) in [6.45, 7) is 4.02. The van der Waals surface area contributed by atoms with E-state index in [0.29, 0.717) is 17.6 Å². The number of anilines is 1. The van der Waals surface area contributed by atoms with Crippen molar-refractivity contribution < 1.29 is 18.3 Å². The number of benzene rings is 1. The highest BCUT2D eigenvalue weighted by molar-refractivity contribution is 5.70. The molecule has 0 spiro atoms. The second-order valence-corrected chi connectivity index (χ2v) is 7.65. The molecule has 2 aromatic rings. The molecule has 1 aliphatic rings. The predicted molar refractivity (Wildman–Crippen MR) is 103 cm³/mol. The molecule has 1 heterocycles. The number of phenolic OH excluding ortho intramolecular Hbond substituents is 1. The molecule has 2 N–H and O–H groups in total. The van der Waals surface area contributed by atoms with Gasteiger partial charge < -0.3 is 10.4 Å². The molecule has 3 rings (SSSR count). The fourth-order valence-corrected chi connectivity index (χ4v) is 4.03. The average molecular weight is 393 g/mol. The fourth-order valence-electron chi connectivity index (χ4n) is 4.03. The third-order valence-electron chi connectivity index (χ3n) is 5.40. The number of phenols is 1. The van der Waals surface area contributed by atoms with Gasteiger partial charge in [0.15, 0.2) is 0 Å². The number of halogens is 3. The van der Waals surface area contributed by atoms with Gasteiger partial charge in [-0.3, -0.25) is 0 Å². The molecule has 0 amide bonds. The minimum Gasteiger partial charge on any atom is -0.507 e. The lowest BCUT2D eigenvalue weighted by Crippen LogP contribution is -2.27. The lowest BCUT2D eigenvalue weighted by molar-refractivity contribution is -0.137. The molecule has 1 aliphatic carbocycles. The van der Waals surface area contributed by atoms with Crippen molar-refractivity contribution in [2.75, 3.05) is 5.32 Å². The van der Waals surface area contributed by atoms with Crippen LogP contribution in [0.4, 0.5) is 19.0 Å². The van der Waals surface area contributed by atoms with Crippen LogP contribution < -0.4 is 5.32 Å². The number of aromatic nitrogens is 2. The molecule has 4 nitrogen and oxygen atoms in total. The summed E-state index contributed by atoms with van der Waals surface area (Å²) >= 11 is 0. The van der Waals surface area contributed by atoms with Crippen LogP contribution in [0.25, 0.3) is 11.3 Å². The van der Waals surface area contributed by atoms with Crippen LogP contribution in [0.15, 0.2) is 24.3 Å². The van der Waals surface area contributed by atoms with E-state index in [4.69, 9.17) is 0 Å². The summed E-state index contributed by atoms with van der Waals surface area (Å²) in [6.07, 6.45) is 2.64. The molecule has 7 heteroatoms. The second-order valence-electron chi connectivity index (χ2n) is 7.65. The van der Waals surface area contributed by atoms with E-state index >= 15 is 0 Å². The first kappa shape index (κ1) is 20.4. The number of aryl methyl sites for hydroxylation is 1. The van der Waals surface area contributed by atoms with Gasteiger partial charge in [0.05, 0.1) is 11.3 Å². The van der Waals surface area contributed by atoms with Gasteiger partial charge in [-0.05, 0) is 55.5 Å². The van der Waals surface area contributed by atoms with Gasteiger partial charge in [0, 0.05) is 11.6 Å². The van der Waals surface area contributed by atoms with E-state index in [1.54, 1.807) is 0 Å². The first-order valence-electron chi connectivity index (χ1n) is 9.79. The van der Waals surface area contributed by atoms with Crippen molar-refractivity contribution in [3.05, 3.63) is 35.4 Å². The molecule has 28 heavy (non-hydrogen) atoms. The van der Waals surface area contributed by atoms with E-state index in [9.17, 15) is 18.3 Å². The Balaban J connectivity index is 1.76. The summed E-state index contributed by atoms with van der Waals surface area (Å²) < 4.78 is 38.4. The average Bonchev–Trinajstić information content (AvgIpc) is 2.62. The van der Waals surface area contributed by atoms with Crippen LogP contribution in [0, 0.1) is 12.8 Å². The highest BCUT2D eigenvalue weighted by Gasteiger charge is 2.31. The van der Waals surface area contributed by atoms with Crippen molar-refractivity contribution in [1.29, 1.82) is 0 Å². The molecule has 2 unspecified atom stereocenters. The van der Waals surface area contributed by atoms with E-state index in [1.165, 1.54) is 31.7 Å². The molecular formula is C21H26F3N3O.